The number of carbonyl (C=O) groups is 1. The normalized spacial score (nSPS) is 19.5. The van der Waals surface area contributed by atoms with Crippen molar-refractivity contribution in [2.24, 2.45) is 0 Å². The van der Waals surface area contributed by atoms with Crippen LogP contribution in [-0.2, 0) is 17.8 Å². The van der Waals surface area contributed by atoms with Crippen molar-refractivity contribution in [3.63, 3.8) is 0 Å². The fraction of sp³-hybridized carbons (Fsp3) is 0.382. The maximum absolute atomic E-state index is 12.1. The Labute approximate surface area is 268 Å². The second kappa shape index (κ2) is 14.1. The molecule has 0 radical (unpaired) electrons. The fourth-order valence-corrected chi connectivity index (χ4v) is 6.11. The molecule has 1 saturated carbocycles. The van der Waals surface area contributed by atoms with E-state index in [0.29, 0.717) is 55.3 Å². The molecule has 3 aromatic heterocycles. The number of nitrogens with zero attached hydrogens (tertiary/aromatic N) is 6. The van der Waals surface area contributed by atoms with Gasteiger partial charge in [0.15, 0.2) is 17.0 Å². The van der Waals surface area contributed by atoms with Gasteiger partial charge in [0.2, 0.25) is 11.9 Å². The molecule has 0 spiro atoms. The lowest BCUT2D eigenvalue weighted by Gasteiger charge is -2.20. The molecular formula is C34H41N9O3. The molecular weight excluding hydrogens is 582 g/mol. The minimum absolute atomic E-state index is 0.0503. The Bertz CT molecular complexity index is 1700. The van der Waals surface area contributed by atoms with Crippen LogP contribution < -0.4 is 16.0 Å². The van der Waals surface area contributed by atoms with Gasteiger partial charge in [-0.25, -0.2) is 9.97 Å². The van der Waals surface area contributed by atoms with Crippen molar-refractivity contribution < 1.29 is 15.0 Å². The van der Waals surface area contributed by atoms with Crippen LogP contribution in [0.1, 0.15) is 55.5 Å². The van der Waals surface area contributed by atoms with Gasteiger partial charge in [0, 0.05) is 44.6 Å². The van der Waals surface area contributed by atoms with Crippen LogP contribution in [0.15, 0.2) is 79.5 Å². The Kier molecular flexibility index (Phi) is 9.55. The van der Waals surface area contributed by atoms with E-state index in [2.05, 4.69) is 57.1 Å². The minimum Gasteiger partial charge on any atom is -0.388 e. The number of aryl methyl sites for hydroxylation is 1. The summed E-state index contributed by atoms with van der Waals surface area (Å²) in [6, 6.07) is 19.5. The summed E-state index contributed by atoms with van der Waals surface area (Å²) >= 11 is 0. The van der Waals surface area contributed by atoms with Crippen molar-refractivity contribution in [1.29, 1.82) is 0 Å². The first-order chi connectivity index (χ1) is 22.4. The van der Waals surface area contributed by atoms with E-state index in [1.165, 1.54) is 11.1 Å². The first-order valence-corrected chi connectivity index (χ1v) is 15.9. The Morgan fingerprint density at radius 1 is 0.935 bits per heavy atom. The molecule has 0 aliphatic heterocycles. The lowest BCUT2D eigenvalue weighted by molar-refractivity contribution is -0.122. The number of nitrogens with one attached hydrogen (secondary N) is 3. The number of rotatable bonds is 13. The predicted octanol–water partition coefficient (Wildman–Crippen LogP) is 3.50. The summed E-state index contributed by atoms with van der Waals surface area (Å²) in [5.41, 5.74) is 4.38. The molecule has 0 saturated heterocycles. The van der Waals surface area contributed by atoms with Crippen LogP contribution in [0.5, 0.6) is 0 Å². The number of anilines is 2. The second-order valence-electron chi connectivity index (χ2n) is 11.7. The standard InChI is InChI=1S/C34H41N9O3/c1-3-28(44)39-26-17-27(31(46)30(26)45)43-21-38-29-32(36-18-25(22-11-7-5-8-12-22)23-13-9-6-10-14-23)40-34(41-33(29)43)35-16-15-24-19-42(4-2)20-37-24/h5-14,19-21,25-27,30-31,45-46H,3-4,15-18H2,1-2H3,(H,39,44)(H2,35,36,40,41)/t26-,27?,30+,31-/m0/s1. The summed E-state index contributed by atoms with van der Waals surface area (Å²) in [7, 11) is 0. The van der Waals surface area contributed by atoms with Crippen LogP contribution >= 0.6 is 0 Å². The topological polar surface area (TPSA) is 155 Å². The number of hydrogen-bond acceptors (Lipinski definition) is 9. The molecule has 1 aliphatic carbocycles. The molecule has 1 fully saturated rings. The number of amides is 1. The molecule has 1 amide bonds. The van der Waals surface area contributed by atoms with Crippen LogP contribution in [0.25, 0.3) is 11.2 Å². The quantitative estimate of drug-likeness (QED) is 0.133. The van der Waals surface area contributed by atoms with Gasteiger partial charge in [-0.2, -0.15) is 9.97 Å². The van der Waals surface area contributed by atoms with E-state index >= 15 is 0 Å². The maximum Gasteiger partial charge on any atom is 0.226 e. The van der Waals surface area contributed by atoms with E-state index in [-0.39, 0.29) is 11.8 Å². The van der Waals surface area contributed by atoms with E-state index in [1.54, 1.807) is 17.8 Å². The number of benzene rings is 2. The predicted molar refractivity (Wildman–Crippen MR) is 177 cm³/mol. The van der Waals surface area contributed by atoms with Crippen LogP contribution in [0.2, 0.25) is 0 Å². The summed E-state index contributed by atoms with van der Waals surface area (Å²) in [4.78, 5) is 30.9. The molecule has 5 N–H and O–H groups in total. The zero-order valence-corrected chi connectivity index (χ0v) is 26.1. The monoisotopic (exact) mass is 623 g/mol. The average Bonchev–Trinajstić information content (AvgIpc) is 3.80. The average molecular weight is 624 g/mol. The zero-order valence-electron chi connectivity index (χ0n) is 26.1. The first kappa shape index (κ1) is 31.2. The van der Waals surface area contributed by atoms with Gasteiger partial charge in [0.05, 0.1) is 30.4 Å². The highest BCUT2D eigenvalue weighted by Crippen LogP contribution is 2.35. The molecule has 1 unspecified atom stereocenters. The smallest absolute Gasteiger partial charge is 0.226 e. The van der Waals surface area contributed by atoms with Crippen molar-refractivity contribution in [2.75, 3.05) is 23.7 Å². The van der Waals surface area contributed by atoms with E-state index in [4.69, 9.17) is 9.97 Å². The van der Waals surface area contributed by atoms with E-state index in [9.17, 15) is 15.0 Å². The number of carbonyl (C=O) groups excluding carboxylic acids is 1. The SMILES string of the molecule is CCC(=O)N[C@H]1CC(n2cnc3c(NCC(c4ccccc4)c4ccccc4)nc(NCCc4cn(CC)cn4)nc32)[C@H](O)[C@@H]1O. The summed E-state index contributed by atoms with van der Waals surface area (Å²) in [5, 5.41) is 31.6. The van der Waals surface area contributed by atoms with Crippen LogP contribution in [-0.4, -0.2) is 76.5 Å². The molecule has 3 heterocycles. The van der Waals surface area contributed by atoms with Gasteiger partial charge < -0.3 is 35.3 Å². The highest BCUT2D eigenvalue weighted by atomic mass is 16.3. The van der Waals surface area contributed by atoms with Crippen molar-refractivity contribution in [3.8, 4) is 0 Å². The Morgan fingerprint density at radius 2 is 1.65 bits per heavy atom. The Morgan fingerprint density at radius 3 is 2.30 bits per heavy atom. The third-order valence-corrected chi connectivity index (χ3v) is 8.69. The molecule has 5 aromatic rings. The number of fused-ring (bicyclic) bond motifs is 1. The van der Waals surface area contributed by atoms with Gasteiger partial charge in [-0.05, 0) is 24.5 Å². The molecule has 4 atom stereocenters. The molecule has 6 rings (SSSR count). The summed E-state index contributed by atoms with van der Waals surface area (Å²) in [5.74, 6) is 0.839. The minimum atomic E-state index is -1.12. The molecule has 12 nitrogen and oxygen atoms in total. The van der Waals surface area contributed by atoms with E-state index in [1.807, 2.05) is 53.5 Å². The van der Waals surface area contributed by atoms with Gasteiger partial charge in [0.1, 0.15) is 12.2 Å². The molecule has 240 valence electrons. The molecule has 12 heteroatoms. The van der Waals surface area contributed by atoms with Gasteiger partial charge in [0.25, 0.3) is 0 Å². The van der Waals surface area contributed by atoms with Crippen LogP contribution in [0.4, 0.5) is 11.8 Å². The van der Waals surface area contributed by atoms with Crippen molar-refractivity contribution in [2.45, 2.75) is 69.9 Å². The van der Waals surface area contributed by atoms with Gasteiger partial charge in [-0.3, -0.25) is 4.79 Å². The Hall–Kier alpha value is -4.81. The zero-order chi connectivity index (χ0) is 32.0. The van der Waals surface area contributed by atoms with E-state index in [0.717, 1.165) is 12.2 Å². The van der Waals surface area contributed by atoms with Crippen LogP contribution in [0.3, 0.4) is 0 Å². The highest BCUT2D eigenvalue weighted by Gasteiger charge is 2.43. The van der Waals surface area contributed by atoms with Gasteiger partial charge in [-0.15, -0.1) is 0 Å². The maximum atomic E-state index is 12.1. The number of aliphatic hydroxyl groups excluding tert-OH is 2. The third-order valence-electron chi connectivity index (χ3n) is 8.69. The molecule has 2 aromatic carbocycles. The highest BCUT2D eigenvalue weighted by molar-refractivity contribution is 5.84. The second-order valence-corrected chi connectivity index (χ2v) is 11.7. The van der Waals surface area contributed by atoms with Crippen molar-refractivity contribution in [3.05, 3.63) is 96.3 Å². The fourth-order valence-electron chi connectivity index (χ4n) is 6.11. The molecule has 0 bridgehead atoms. The first-order valence-electron chi connectivity index (χ1n) is 15.9. The number of aliphatic hydroxyl groups is 2. The van der Waals surface area contributed by atoms with E-state index < -0.39 is 24.3 Å². The summed E-state index contributed by atoms with van der Waals surface area (Å²) in [6.07, 6.45) is 4.56. The lowest BCUT2D eigenvalue weighted by Crippen LogP contribution is -2.42. The third kappa shape index (κ3) is 6.73. The molecule has 46 heavy (non-hydrogen) atoms. The number of imidazole rings is 2. The molecule has 1 aliphatic rings. The summed E-state index contributed by atoms with van der Waals surface area (Å²) in [6.45, 7) is 5.80. The van der Waals surface area contributed by atoms with Crippen molar-refractivity contribution in [1.82, 2.24) is 34.4 Å². The van der Waals surface area contributed by atoms with Gasteiger partial charge in [-0.1, -0.05) is 67.6 Å². The lowest BCUT2D eigenvalue weighted by atomic mass is 9.91. The van der Waals surface area contributed by atoms with Gasteiger partial charge >= 0.3 is 0 Å². The van der Waals surface area contributed by atoms with Crippen LogP contribution in [0, 0.1) is 0 Å². The largest absolute Gasteiger partial charge is 0.388 e. The number of hydrogen-bond donors (Lipinski definition) is 5. The van der Waals surface area contributed by atoms with Crippen molar-refractivity contribution >= 4 is 28.8 Å². The summed E-state index contributed by atoms with van der Waals surface area (Å²) < 4.78 is 3.82. The Balaban J connectivity index is 1.31. The number of aromatic nitrogens is 6.